The van der Waals surface area contributed by atoms with Crippen LogP contribution in [-0.2, 0) is 4.79 Å². The number of piperidine rings is 1. The number of rotatable bonds is 9. The molecule has 0 aromatic heterocycles. The van der Waals surface area contributed by atoms with Crippen LogP contribution in [0.1, 0.15) is 71.6 Å². The standard InChI is InChI=1S/C16H31NO2/c1-3-4-5-6-7-8-9-12-17-13-10-11-16(2,14-17)15(18)19/h3-14H2,1-2H3,(H,18,19). The quantitative estimate of drug-likeness (QED) is 0.645. The molecule has 1 fully saturated rings. The third-order valence-electron chi connectivity index (χ3n) is 4.37. The summed E-state index contributed by atoms with van der Waals surface area (Å²) >= 11 is 0. The van der Waals surface area contributed by atoms with Gasteiger partial charge in [0, 0.05) is 6.54 Å². The molecule has 0 spiro atoms. The molecular formula is C16H31NO2. The lowest BCUT2D eigenvalue weighted by atomic mass is 9.82. The molecule has 1 atom stereocenters. The van der Waals surface area contributed by atoms with E-state index in [1.807, 2.05) is 6.92 Å². The summed E-state index contributed by atoms with van der Waals surface area (Å²) in [6.45, 7) is 7.04. The summed E-state index contributed by atoms with van der Waals surface area (Å²) in [6.07, 6.45) is 11.1. The van der Waals surface area contributed by atoms with Crippen molar-refractivity contribution >= 4 is 5.97 Å². The van der Waals surface area contributed by atoms with Gasteiger partial charge in [-0.1, -0.05) is 45.4 Å². The smallest absolute Gasteiger partial charge is 0.310 e. The van der Waals surface area contributed by atoms with E-state index < -0.39 is 11.4 Å². The number of aliphatic carboxylic acids is 1. The van der Waals surface area contributed by atoms with Crippen LogP contribution < -0.4 is 0 Å². The van der Waals surface area contributed by atoms with Gasteiger partial charge < -0.3 is 10.0 Å². The molecule has 0 radical (unpaired) electrons. The molecule has 1 N–H and O–H groups in total. The summed E-state index contributed by atoms with van der Waals surface area (Å²) in [6, 6.07) is 0. The number of carboxylic acid groups (broad SMARTS) is 1. The second kappa shape index (κ2) is 8.57. The van der Waals surface area contributed by atoms with Crippen LogP contribution in [0.3, 0.4) is 0 Å². The number of carbonyl (C=O) groups is 1. The maximum Gasteiger partial charge on any atom is 0.310 e. The van der Waals surface area contributed by atoms with Crippen molar-refractivity contribution in [1.29, 1.82) is 0 Å². The monoisotopic (exact) mass is 269 g/mol. The lowest BCUT2D eigenvalue weighted by Gasteiger charge is -2.37. The largest absolute Gasteiger partial charge is 0.481 e. The summed E-state index contributed by atoms with van der Waals surface area (Å²) in [5.41, 5.74) is -0.515. The zero-order valence-corrected chi connectivity index (χ0v) is 12.8. The summed E-state index contributed by atoms with van der Waals surface area (Å²) in [5.74, 6) is -0.628. The Bertz CT molecular complexity index is 267. The van der Waals surface area contributed by atoms with E-state index in [1.54, 1.807) is 0 Å². The first kappa shape index (κ1) is 16.5. The van der Waals surface area contributed by atoms with Gasteiger partial charge in [-0.2, -0.15) is 0 Å². The molecule has 3 heteroatoms. The van der Waals surface area contributed by atoms with Crippen LogP contribution in [0, 0.1) is 5.41 Å². The van der Waals surface area contributed by atoms with Crippen molar-refractivity contribution in [3.05, 3.63) is 0 Å². The second-order valence-corrected chi connectivity index (χ2v) is 6.37. The van der Waals surface area contributed by atoms with E-state index in [0.29, 0.717) is 0 Å². The number of hydrogen-bond donors (Lipinski definition) is 1. The lowest BCUT2D eigenvalue weighted by Crippen LogP contribution is -2.46. The second-order valence-electron chi connectivity index (χ2n) is 6.37. The Kier molecular flexibility index (Phi) is 7.44. The van der Waals surface area contributed by atoms with E-state index in [4.69, 9.17) is 0 Å². The van der Waals surface area contributed by atoms with E-state index in [2.05, 4.69) is 11.8 Å². The molecule has 1 aliphatic heterocycles. The van der Waals surface area contributed by atoms with Crippen molar-refractivity contribution in [2.24, 2.45) is 5.41 Å². The van der Waals surface area contributed by atoms with Gasteiger partial charge in [0.25, 0.3) is 0 Å². The van der Waals surface area contributed by atoms with Gasteiger partial charge in [-0.15, -0.1) is 0 Å². The van der Waals surface area contributed by atoms with E-state index in [0.717, 1.165) is 32.5 Å². The first-order valence-corrected chi connectivity index (χ1v) is 8.04. The molecule has 3 nitrogen and oxygen atoms in total. The van der Waals surface area contributed by atoms with E-state index in [-0.39, 0.29) is 0 Å². The number of carboxylic acids is 1. The van der Waals surface area contributed by atoms with Gasteiger partial charge in [0.1, 0.15) is 0 Å². The SMILES string of the molecule is CCCCCCCCCN1CCCC(C)(C(=O)O)C1. The number of likely N-dealkylation sites (tertiary alicyclic amines) is 1. The zero-order valence-electron chi connectivity index (χ0n) is 12.8. The molecule has 0 bridgehead atoms. The van der Waals surface area contributed by atoms with Gasteiger partial charge in [-0.25, -0.2) is 0 Å². The molecule has 1 heterocycles. The highest BCUT2D eigenvalue weighted by molar-refractivity contribution is 5.74. The normalized spacial score (nSPS) is 24.5. The fraction of sp³-hybridized carbons (Fsp3) is 0.938. The number of nitrogens with zero attached hydrogens (tertiary/aromatic N) is 1. The molecule has 19 heavy (non-hydrogen) atoms. The van der Waals surface area contributed by atoms with Gasteiger partial charge in [-0.3, -0.25) is 4.79 Å². The fourth-order valence-electron chi connectivity index (χ4n) is 3.00. The first-order chi connectivity index (χ1) is 9.08. The minimum Gasteiger partial charge on any atom is -0.481 e. The molecule has 1 rings (SSSR count). The molecule has 0 amide bonds. The summed E-state index contributed by atoms with van der Waals surface area (Å²) < 4.78 is 0. The van der Waals surface area contributed by atoms with Crippen molar-refractivity contribution in [1.82, 2.24) is 4.90 Å². The summed E-state index contributed by atoms with van der Waals surface area (Å²) in [5, 5.41) is 9.28. The van der Waals surface area contributed by atoms with Crippen LogP contribution >= 0.6 is 0 Å². The number of hydrogen-bond acceptors (Lipinski definition) is 2. The van der Waals surface area contributed by atoms with Crippen LogP contribution in [0.4, 0.5) is 0 Å². The highest BCUT2D eigenvalue weighted by Crippen LogP contribution is 2.29. The van der Waals surface area contributed by atoms with Crippen molar-refractivity contribution in [2.45, 2.75) is 71.6 Å². The van der Waals surface area contributed by atoms with Crippen LogP contribution in [0.25, 0.3) is 0 Å². The third kappa shape index (κ3) is 5.94. The molecule has 112 valence electrons. The lowest BCUT2D eigenvalue weighted by molar-refractivity contribution is -0.151. The minimum atomic E-state index is -0.628. The van der Waals surface area contributed by atoms with Crippen molar-refractivity contribution in [2.75, 3.05) is 19.6 Å². The Morgan fingerprint density at radius 2 is 1.79 bits per heavy atom. The van der Waals surface area contributed by atoms with E-state index in [9.17, 15) is 9.90 Å². The third-order valence-corrected chi connectivity index (χ3v) is 4.37. The van der Waals surface area contributed by atoms with Gasteiger partial charge >= 0.3 is 5.97 Å². The Morgan fingerprint density at radius 3 is 2.42 bits per heavy atom. The van der Waals surface area contributed by atoms with Gasteiger partial charge in [0.2, 0.25) is 0 Å². The Balaban J connectivity index is 2.11. The molecule has 0 aromatic rings. The minimum absolute atomic E-state index is 0.515. The number of unbranched alkanes of at least 4 members (excludes halogenated alkanes) is 6. The first-order valence-electron chi connectivity index (χ1n) is 8.04. The molecule has 0 aromatic carbocycles. The predicted octanol–water partition coefficient (Wildman–Crippen LogP) is 3.92. The molecule has 0 saturated carbocycles. The Hall–Kier alpha value is -0.570. The highest BCUT2D eigenvalue weighted by atomic mass is 16.4. The molecule has 0 aliphatic carbocycles. The summed E-state index contributed by atoms with van der Waals surface area (Å²) in [4.78, 5) is 13.6. The molecular weight excluding hydrogens is 238 g/mol. The average Bonchev–Trinajstić information content (AvgIpc) is 2.38. The van der Waals surface area contributed by atoms with Crippen LogP contribution in [-0.4, -0.2) is 35.6 Å². The molecule has 1 unspecified atom stereocenters. The maximum absolute atomic E-state index is 11.3. The topological polar surface area (TPSA) is 40.5 Å². The van der Waals surface area contributed by atoms with Gasteiger partial charge in [0.15, 0.2) is 0 Å². The average molecular weight is 269 g/mol. The van der Waals surface area contributed by atoms with Gasteiger partial charge in [0.05, 0.1) is 5.41 Å². The zero-order chi connectivity index (χ0) is 14.1. The fourth-order valence-corrected chi connectivity index (χ4v) is 3.00. The highest BCUT2D eigenvalue weighted by Gasteiger charge is 2.37. The Morgan fingerprint density at radius 1 is 1.16 bits per heavy atom. The molecule has 1 aliphatic rings. The van der Waals surface area contributed by atoms with Crippen molar-refractivity contribution in [3.8, 4) is 0 Å². The van der Waals surface area contributed by atoms with Crippen LogP contribution in [0.15, 0.2) is 0 Å². The summed E-state index contributed by atoms with van der Waals surface area (Å²) in [7, 11) is 0. The maximum atomic E-state index is 11.3. The van der Waals surface area contributed by atoms with Crippen molar-refractivity contribution in [3.63, 3.8) is 0 Å². The van der Waals surface area contributed by atoms with E-state index in [1.165, 1.54) is 44.9 Å². The van der Waals surface area contributed by atoms with Crippen LogP contribution in [0.2, 0.25) is 0 Å². The van der Waals surface area contributed by atoms with Crippen LogP contribution in [0.5, 0.6) is 0 Å². The van der Waals surface area contributed by atoms with Crippen molar-refractivity contribution < 1.29 is 9.90 Å². The predicted molar refractivity (Wildman–Crippen MR) is 79.4 cm³/mol. The molecule has 1 saturated heterocycles. The Labute approximate surface area is 118 Å². The van der Waals surface area contributed by atoms with Gasteiger partial charge in [-0.05, 0) is 39.3 Å². The van der Waals surface area contributed by atoms with E-state index >= 15 is 0 Å².